The van der Waals surface area contributed by atoms with Crippen LogP contribution in [0.5, 0.6) is 17.2 Å². The molecule has 5 nitrogen and oxygen atoms in total. The van der Waals surface area contributed by atoms with Gasteiger partial charge in [0.2, 0.25) is 0 Å². The first-order chi connectivity index (χ1) is 12.1. The molecule has 5 heteroatoms. The summed E-state index contributed by atoms with van der Waals surface area (Å²) in [5, 5.41) is 9.62. The van der Waals surface area contributed by atoms with E-state index in [9.17, 15) is 9.90 Å². The number of phenols is 1. The van der Waals surface area contributed by atoms with Gasteiger partial charge in [0.1, 0.15) is 5.75 Å². The van der Waals surface area contributed by atoms with Crippen LogP contribution in [-0.2, 0) is 22.4 Å². The number of cyclic esters (lactones) is 1. The van der Waals surface area contributed by atoms with Gasteiger partial charge in [-0.3, -0.25) is 4.79 Å². The largest absolute Gasteiger partial charge is 0.508 e. The summed E-state index contributed by atoms with van der Waals surface area (Å²) < 4.78 is 15.9. The standard InChI is InChI=1S/C20H22O5/c1-23-18-7-6-14(11-19(18)24-2)8-15-12-25-20(22)17(15)10-13-4-3-5-16(21)9-13/h3-7,9,11,15,17,21H,8,10,12H2,1-2H3/t15-,17+/m0/s1. The molecule has 1 heterocycles. The van der Waals surface area contributed by atoms with Crippen LogP contribution in [0.4, 0.5) is 0 Å². The third-order valence-corrected chi connectivity index (χ3v) is 4.62. The SMILES string of the molecule is COc1ccc(C[C@H]2COC(=O)[C@@H]2Cc2cccc(O)c2)cc1OC. The average molecular weight is 342 g/mol. The summed E-state index contributed by atoms with van der Waals surface area (Å²) in [4.78, 5) is 12.2. The fourth-order valence-corrected chi connectivity index (χ4v) is 3.30. The van der Waals surface area contributed by atoms with Crippen LogP contribution in [0.2, 0.25) is 0 Å². The third kappa shape index (κ3) is 3.87. The van der Waals surface area contributed by atoms with Crippen molar-refractivity contribution < 1.29 is 24.1 Å². The van der Waals surface area contributed by atoms with Crippen molar-refractivity contribution in [3.05, 3.63) is 53.6 Å². The number of rotatable bonds is 6. The fraction of sp³-hybridized carbons (Fsp3) is 0.350. The maximum absolute atomic E-state index is 12.2. The van der Waals surface area contributed by atoms with Gasteiger partial charge in [-0.15, -0.1) is 0 Å². The number of benzene rings is 2. The van der Waals surface area contributed by atoms with Crippen LogP contribution in [0, 0.1) is 11.8 Å². The Morgan fingerprint density at radius 1 is 1.04 bits per heavy atom. The summed E-state index contributed by atoms with van der Waals surface area (Å²) in [5.74, 6) is 1.27. The van der Waals surface area contributed by atoms with Crippen molar-refractivity contribution in [3.8, 4) is 17.2 Å². The first kappa shape index (κ1) is 17.1. The van der Waals surface area contributed by atoms with E-state index in [0.29, 0.717) is 24.5 Å². The Morgan fingerprint density at radius 2 is 1.80 bits per heavy atom. The molecular formula is C20H22O5. The highest BCUT2D eigenvalue weighted by molar-refractivity contribution is 5.75. The molecule has 0 spiro atoms. The van der Waals surface area contributed by atoms with E-state index in [4.69, 9.17) is 14.2 Å². The molecule has 25 heavy (non-hydrogen) atoms. The molecule has 3 rings (SSSR count). The number of aromatic hydroxyl groups is 1. The second-order valence-electron chi connectivity index (χ2n) is 6.26. The van der Waals surface area contributed by atoms with Gasteiger partial charge in [0.15, 0.2) is 11.5 Å². The molecule has 0 aromatic heterocycles. The molecule has 1 saturated heterocycles. The first-order valence-electron chi connectivity index (χ1n) is 8.26. The van der Waals surface area contributed by atoms with Gasteiger partial charge < -0.3 is 19.3 Å². The lowest BCUT2D eigenvalue weighted by Gasteiger charge is -2.16. The number of phenolic OH excluding ortho intramolecular Hbond substituents is 1. The number of ether oxygens (including phenoxy) is 3. The average Bonchev–Trinajstić information content (AvgIpc) is 2.95. The minimum atomic E-state index is -0.213. The van der Waals surface area contributed by atoms with Crippen molar-refractivity contribution in [1.82, 2.24) is 0 Å². The molecule has 0 saturated carbocycles. The van der Waals surface area contributed by atoms with Crippen LogP contribution in [0.3, 0.4) is 0 Å². The Labute approximate surface area is 147 Å². The Morgan fingerprint density at radius 3 is 2.52 bits per heavy atom. The van der Waals surface area contributed by atoms with Gasteiger partial charge >= 0.3 is 5.97 Å². The van der Waals surface area contributed by atoms with Crippen molar-refractivity contribution in [1.29, 1.82) is 0 Å². The third-order valence-electron chi connectivity index (χ3n) is 4.62. The van der Waals surface area contributed by atoms with Gasteiger partial charge in [-0.25, -0.2) is 0 Å². The van der Waals surface area contributed by atoms with Crippen LogP contribution in [0.1, 0.15) is 11.1 Å². The Kier molecular flexibility index (Phi) is 5.12. The second kappa shape index (κ2) is 7.47. The zero-order valence-corrected chi connectivity index (χ0v) is 14.4. The van der Waals surface area contributed by atoms with Crippen LogP contribution in [-0.4, -0.2) is 31.9 Å². The summed E-state index contributed by atoms with van der Waals surface area (Å²) in [6.07, 6.45) is 1.28. The number of methoxy groups -OCH3 is 2. The van der Waals surface area contributed by atoms with E-state index in [1.165, 1.54) is 0 Å². The monoisotopic (exact) mass is 342 g/mol. The molecule has 2 aromatic rings. The molecule has 2 aromatic carbocycles. The Balaban J connectivity index is 1.75. The van der Waals surface area contributed by atoms with Gasteiger partial charge in [-0.2, -0.15) is 0 Å². The van der Waals surface area contributed by atoms with Gasteiger partial charge in [-0.05, 0) is 48.2 Å². The van der Waals surface area contributed by atoms with E-state index < -0.39 is 0 Å². The molecule has 0 amide bonds. The van der Waals surface area contributed by atoms with E-state index >= 15 is 0 Å². The first-order valence-corrected chi connectivity index (χ1v) is 8.26. The van der Waals surface area contributed by atoms with E-state index in [1.807, 2.05) is 24.3 Å². The van der Waals surface area contributed by atoms with E-state index in [1.54, 1.807) is 32.4 Å². The summed E-state index contributed by atoms with van der Waals surface area (Å²) in [6, 6.07) is 12.8. The topological polar surface area (TPSA) is 65.0 Å². The minimum absolute atomic E-state index is 0.0907. The molecular weight excluding hydrogens is 320 g/mol. The van der Waals surface area contributed by atoms with Crippen LogP contribution >= 0.6 is 0 Å². The Hall–Kier alpha value is -2.69. The molecule has 0 aliphatic carbocycles. The predicted molar refractivity (Wildman–Crippen MR) is 93.0 cm³/mol. The number of hydrogen-bond donors (Lipinski definition) is 1. The van der Waals surface area contributed by atoms with Crippen LogP contribution < -0.4 is 9.47 Å². The summed E-state index contributed by atoms with van der Waals surface area (Å²) in [5.41, 5.74) is 2.00. The summed E-state index contributed by atoms with van der Waals surface area (Å²) in [6.45, 7) is 0.413. The highest BCUT2D eigenvalue weighted by atomic mass is 16.5. The van der Waals surface area contributed by atoms with Gasteiger partial charge in [0, 0.05) is 5.92 Å². The highest BCUT2D eigenvalue weighted by Crippen LogP contribution is 2.33. The molecule has 0 radical (unpaired) electrons. The molecule has 1 aliphatic rings. The second-order valence-corrected chi connectivity index (χ2v) is 6.26. The van der Waals surface area contributed by atoms with E-state index in [-0.39, 0.29) is 23.6 Å². The van der Waals surface area contributed by atoms with Crippen molar-refractivity contribution >= 4 is 5.97 Å². The normalized spacial score (nSPS) is 19.5. The molecule has 0 bridgehead atoms. The minimum Gasteiger partial charge on any atom is -0.508 e. The Bertz CT molecular complexity index is 756. The smallest absolute Gasteiger partial charge is 0.309 e. The van der Waals surface area contributed by atoms with Crippen molar-refractivity contribution in [2.24, 2.45) is 11.8 Å². The number of hydrogen-bond acceptors (Lipinski definition) is 5. The van der Waals surface area contributed by atoms with Crippen molar-refractivity contribution in [3.63, 3.8) is 0 Å². The lowest BCUT2D eigenvalue weighted by molar-refractivity contribution is -0.141. The molecule has 132 valence electrons. The fourth-order valence-electron chi connectivity index (χ4n) is 3.30. The quantitative estimate of drug-likeness (QED) is 0.818. The van der Waals surface area contributed by atoms with E-state index in [0.717, 1.165) is 17.5 Å². The predicted octanol–water partition coefficient (Wildman–Crippen LogP) is 2.98. The van der Waals surface area contributed by atoms with Gasteiger partial charge in [0.05, 0.1) is 26.7 Å². The lowest BCUT2D eigenvalue weighted by atomic mass is 9.85. The van der Waals surface area contributed by atoms with Crippen LogP contribution in [0.15, 0.2) is 42.5 Å². The molecule has 1 fully saturated rings. The molecule has 1 aliphatic heterocycles. The summed E-state index contributed by atoms with van der Waals surface area (Å²) in [7, 11) is 3.21. The maximum atomic E-state index is 12.2. The highest BCUT2D eigenvalue weighted by Gasteiger charge is 2.36. The zero-order valence-electron chi connectivity index (χ0n) is 14.4. The van der Waals surface area contributed by atoms with Crippen molar-refractivity contribution in [2.75, 3.05) is 20.8 Å². The van der Waals surface area contributed by atoms with Crippen LogP contribution in [0.25, 0.3) is 0 Å². The molecule has 2 atom stereocenters. The van der Waals surface area contributed by atoms with Gasteiger partial charge in [-0.1, -0.05) is 18.2 Å². The lowest BCUT2D eigenvalue weighted by Crippen LogP contribution is -2.20. The van der Waals surface area contributed by atoms with Crippen molar-refractivity contribution in [2.45, 2.75) is 12.8 Å². The summed E-state index contributed by atoms with van der Waals surface area (Å²) >= 11 is 0. The molecule has 0 unspecified atom stereocenters. The van der Waals surface area contributed by atoms with Gasteiger partial charge in [0.25, 0.3) is 0 Å². The molecule has 1 N–H and O–H groups in total. The van der Waals surface area contributed by atoms with E-state index in [2.05, 4.69) is 0 Å². The zero-order chi connectivity index (χ0) is 17.8. The number of carbonyl (C=O) groups excluding carboxylic acids is 1. The number of esters is 1. The number of carbonyl (C=O) groups is 1. The maximum Gasteiger partial charge on any atom is 0.309 e.